The van der Waals surface area contributed by atoms with Gasteiger partial charge in [0.05, 0.1) is 0 Å². The third-order valence-electron chi connectivity index (χ3n) is 2.57. The molecular formula is C11H10N6. The van der Waals surface area contributed by atoms with Gasteiger partial charge in [-0.25, -0.2) is 14.5 Å². The van der Waals surface area contributed by atoms with Crippen molar-refractivity contribution >= 4 is 11.6 Å². The predicted octanol–water partition coefficient (Wildman–Crippen LogP) is 1.08. The van der Waals surface area contributed by atoms with Crippen LogP contribution >= 0.6 is 0 Å². The van der Waals surface area contributed by atoms with Crippen LogP contribution in [0.2, 0.25) is 0 Å². The van der Waals surface area contributed by atoms with Crippen molar-refractivity contribution in [1.82, 2.24) is 24.6 Å². The summed E-state index contributed by atoms with van der Waals surface area (Å²) in [5, 5.41) is 4.08. The first-order valence-corrected chi connectivity index (χ1v) is 5.12. The predicted molar refractivity (Wildman–Crippen MR) is 63.2 cm³/mol. The van der Waals surface area contributed by atoms with E-state index in [4.69, 9.17) is 5.73 Å². The van der Waals surface area contributed by atoms with Gasteiger partial charge in [0, 0.05) is 29.7 Å². The number of pyridine rings is 1. The van der Waals surface area contributed by atoms with Gasteiger partial charge < -0.3 is 5.73 Å². The maximum Gasteiger partial charge on any atom is 0.240 e. The number of hydrogen-bond donors (Lipinski definition) is 1. The minimum Gasteiger partial charge on any atom is -0.366 e. The van der Waals surface area contributed by atoms with Gasteiger partial charge in [0.2, 0.25) is 5.95 Å². The molecule has 6 heteroatoms. The van der Waals surface area contributed by atoms with Gasteiger partial charge in [-0.3, -0.25) is 0 Å². The maximum atomic E-state index is 5.56. The van der Waals surface area contributed by atoms with Crippen LogP contribution in [0.25, 0.3) is 16.8 Å². The average molecular weight is 226 g/mol. The first-order valence-electron chi connectivity index (χ1n) is 5.12. The Bertz CT molecular complexity index is 673. The van der Waals surface area contributed by atoms with E-state index >= 15 is 0 Å². The second kappa shape index (κ2) is 3.51. The summed E-state index contributed by atoms with van der Waals surface area (Å²) in [5.74, 6) is 0.269. The Balaban J connectivity index is 2.26. The molecule has 0 bridgehead atoms. The highest BCUT2D eigenvalue weighted by atomic mass is 15.3. The average Bonchev–Trinajstić information content (AvgIpc) is 2.68. The van der Waals surface area contributed by atoms with E-state index in [0.29, 0.717) is 0 Å². The maximum absolute atomic E-state index is 5.56. The third kappa shape index (κ3) is 1.59. The van der Waals surface area contributed by atoms with Crippen molar-refractivity contribution in [3.63, 3.8) is 0 Å². The molecule has 3 aromatic rings. The Labute approximate surface area is 97.2 Å². The second-order valence-electron chi connectivity index (χ2n) is 3.77. The van der Waals surface area contributed by atoms with Crippen LogP contribution in [0, 0.1) is 6.92 Å². The van der Waals surface area contributed by atoms with Crippen LogP contribution in [-0.4, -0.2) is 24.6 Å². The summed E-state index contributed by atoms with van der Waals surface area (Å²) < 4.78 is 1.66. The zero-order chi connectivity index (χ0) is 11.8. The Hall–Kier alpha value is -2.50. The minimum atomic E-state index is 0.269. The summed E-state index contributed by atoms with van der Waals surface area (Å²) in [6.45, 7) is 2.01. The van der Waals surface area contributed by atoms with Crippen LogP contribution in [0.5, 0.6) is 0 Å². The molecular weight excluding hydrogens is 216 g/mol. The smallest absolute Gasteiger partial charge is 0.240 e. The molecule has 0 aliphatic rings. The van der Waals surface area contributed by atoms with Crippen LogP contribution in [-0.2, 0) is 0 Å². The monoisotopic (exact) mass is 226 g/mol. The lowest BCUT2D eigenvalue weighted by atomic mass is 10.1. The summed E-state index contributed by atoms with van der Waals surface area (Å²) in [6.07, 6.45) is 6.92. The van der Waals surface area contributed by atoms with E-state index in [1.54, 1.807) is 16.9 Å². The van der Waals surface area contributed by atoms with Crippen molar-refractivity contribution in [2.75, 3.05) is 5.73 Å². The van der Waals surface area contributed by atoms with Crippen LogP contribution in [0.3, 0.4) is 0 Å². The quantitative estimate of drug-likeness (QED) is 0.671. The van der Waals surface area contributed by atoms with E-state index in [2.05, 4.69) is 20.1 Å². The number of aryl methyl sites for hydroxylation is 1. The number of nitrogen functional groups attached to an aromatic ring is 1. The molecule has 2 N–H and O–H groups in total. The molecule has 6 nitrogen and oxygen atoms in total. The van der Waals surface area contributed by atoms with Crippen molar-refractivity contribution in [3.05, 3.63) is 36.5 Å². The van der Waals surface area contributed by atoms with Crippen molar-refractivity contribution in [2.24, 2.45) is 0 Å². The van der Waals surface area contributed by atoms with E-state index in [-0.39, 0.29) is 5.95 Å². The summed E-state index contributed by atoms with van der Waals surface area (Å²) in [6, 6.07) is 1.94. The van der Waals surface area contributed by atoms with Gasteiger partial charge in [-0.15, -0.1) is 5.10 Å². The minimum absolute atomic E-state index is 0.269. The molecule has 0 fully saturated rings. The second-order valence-corrected chi connectivity index (χ2v) is 3.77. The fourth-order valence-electron chi connectivity index (χ4n) is 1.78. The standard InChI is InChI=1S/C11H10N6/c1-7-2-10-15-11(12)16-17(10)5-9(7)8-3-13-6-14-4-8/h2-6H,1H3,(H2,12,16). The molecule has 0 spiro atoms. The van der Waals surface area contributed by atoms with Crippen LogP contribution in [0.1, 0.15) is 5.56 Å². The molecule has 0 saturated carbocycles. The van der Waals surface area contributed by atoms with E-state index in [1.165, 1.54) is 6.33 Å². The number of fused-ring (bicyclic) bond motifs is 1. The first kappa shape index (κ1) is 9.71. The van der Waals surface area contributed by atoms with Crippen molar-refractivity contribution in [1.29, 1.82) is 0 Å². The normalized spacial score (nSPS) is 10.9. The molecule has 3 rings (SSSR count). The molecule has 3 heterocycles. The highest BCUT2D eigenvalue weighted by molar-refractivity contribution is 5.67. The molecule has 0 unspecified atom stereocenters. The largest absolute Gasteiger partial charge is 0.366 e. The molecule has 0 saturated heterocycles. The summed E-state index contributed by atoms with van der Waals surface area (Å²) in [4.78, 5) is 12.1. The lowest BCUT2D eigenvalue weighted by Crippen LogP contribution is -1.93. The molecule has 84 valence electrons. The topological polar surface area (TPSA) is 82.0 Å². The van der Waals surface area contributed by atoms with E-state index < -0.39 is 0 Å². The molecule has 0 atom stereocenters. The van der Waals surface area contributed by atoms with Gasteiger partial charge in [-0.1, -0.05) is 0 Å². The zero-order valence-corrected chi connectivity index (χ0v) is 9.20. The number of nitrogens with two attached hydrogens (primary N) is 1. The van der Waals surface area contributed by atoms with E-state index in [0.717, 1.165) is 22.3 Å². The van der Waals surface area contributed by atoms with Gasteiger partial charge in [-0.05, 0) is 18.6 Å². The number of anilines is 1. The highest BCUT2D eigenvalue weighted by Crippen LogP contribution is 2.22. The summed E-state index contributed by atoms with van der Waals surface area (Å²) in [5.41, 5.74) is 9.34. The first-order chi connectivity index (χ1) is 8.24. The van der Waals surface area contributed by atoms with Crippen LogP contribution in [0.15, 0.2) is 31.0 Å². The third-order valence-corrected chi connectivity index (χ3v) is 2.57. The summed E-state index contributed by atoms with van der Waals surface area (Å²) >= 11 is 0. The molecule has 0 aliphatic heterocycles. The number of rotatable bonds is 1. The Morgan fingerprint density at radius 2 is 2.00 bits per heavy atom. The number of aromatic nitrogens is 5. The SMILES string of the molecule is Cc1cc2nc(N)nn2cc1-c1cncnc1. The summed E-state index contributed by atoms with van der Waals surface area (Å²) in [7, 11) is 0. The van der Waals surface area contributed by atoms with Gasteiger partial charge in [-0.2, -0.15) is 4.98 Å². The van der Waals surface area contributed by atoms with Gasteiger partial charge >= 0.3 is 0 Å². The number of hydrogen-bond acceptors (Lipinski definition) is 5. The van der Waals surface area contributed by atoms with Crippen molar-refractivity contribution in [3.8, 4) is 11.1 Å². The molecule has 0 aliphatic carbocycles. The van der Waals surface area contributed by atoms with Crippen molar-refractivity contribution < 1.29 is 0 Å². The zero-order valence-electron chi connectivity index (χ0n) is 9.20. The highest BCUT2D eigenvalue weighted by Gasteiger charge is 2.07. The van der Waals surface area contributed by atoms with Gasteiger partial charge in [0.25, 0.3) is 0 Å². The van der Waals surface area contributed by atoms with Gasteiger partial charge in [0.1, 0.15) is 6.33 Å². The molecule has 0 radical (unpaired) electrons. The van der Waals surface area contributed by atoms with E-state index in [9.17, 15) is 0 Å². The van der Waals surface area contributed by atoms with Gasteiger partial charge in [0.15, 0.2) is 5.65 Å². The number of nitrogens with zero attached hydrogens (tertiary/aromatic N) is 5. The fraction of sp³-hybridized carbons (Fsp3) is 0.0909. The molecule has 0 amide bonds. The Morgan fingerprint density at radius 1 is 1.24 bits per heavy atom. The fourth-order valence-corrected chi connectivity index (χ4v) is 1.78. The Morgan fingerprint density at radius 3 is 2.76 bits per heavy atom. The lowest BCUT2D eigenvalue weighted by Gasteiger charge is -2.04. The Kier molecular flexibility index (Phi) is 2.01. The lowest BCUT2D eigenvalue weighted by molar-refractivity contribution is 0.965. The van der Waals surface area contributed by atoms with E-state index in [1.807, 2.05) is 19.2 Å². The molecule has 3 aromatic heterocycles. The molecule has 0 aromatic carbocycles. The van der Waals surface area contributed by atoms with Crippen LogP contribution in [0.4, 0.5) is 5.95 Å². The van der Waals surface area contributed by atoms with Crippen LogP contribution < -0.4 is 5.73 Å². The molecule has 17 heavy (non-hydrogen) atoms. The van der Waals surface area contributed by atoms with Crippen molar-refractivity contribution in [2.45, 2.75) is 6.92 Å².